The number of anilines is 2. The van der Waals surface area contributed by atoms with Crippen LogP contribution in [0, 0.1) is 0 Å². The number of carbonyl (C=O) groups excluding carboxylic acids is 1. The molecule has 0 spiro atoms. The maximum Gasteiger partial charge on any atom is 0.319 e. The van der Waals surface area contributed by atoms with Crippen LogP contribution in [-0.4, -0.2) is 48.8 Å². The van der Waals surface area contributed by atoms with E-state index in [2.05, 4.69) is 20.5 Å². The third-order valence-electron chi connectivity index (χ3n) is 3.96. The Hall–Kier alpha value is -2.16. The van der Waals surface area contributed by atoms with Crippen molar-refractivity contribution in [2.45, 2.75) is 13.0 Å². The quantitative estimate of drug-likeness (QED) is 0.731. The minimum Gasteiger partial charge on any atom is -0.379 e. The zero-order valence-electron chi connectivity index (χ0n) is 14.0. The van der Waals surface area contributed by atoms with Crippen molar-refractivity contribution in [2.24, 2.45) is 0 Å². The highest BCUT2D eigenvalue weighted by Crippen LogP contribution is 2.13. The lowest BCUT2D eigenvalue weighted by atomic mass is 10.2. The van der Waals surface area contributed by atoms with Crippen LogP contribution in [0.4, 0.5) is 15.6 Å². The molecule has 2 heterocycles. The Morgan fingerprint density at radius 3 is 2.72 bits per heavy atom. The third kappa shape index (κ3) is 5.70. The molecule has 0 unspecified atom stereocenters. The normalized spacial score (nSPS) is 15.0. The lowest BCUT2D eigenvalue weighted by Gasteiger charge is -2.26. The van der Waals surface area contributed by atoms with E-state index >= 15 is 0 Å². The van der Waals surface area contributed by atoms with Crippen LogP contribution in [0.2, 0.25) is 0 Å². The van der Waals surface area contributed by atoms with Gasteiger partial charge in [0.1, 0.15) is 0 Å². The standard InChI is InChI=1S/C17H23N5O2S/c18-16-20-15(12-25-16)5-6-19-17(23)21-14-3-1-13(2-4-14)11-22-7-9-24-10-8-22/h1-4,12H,5-11H2,(H2,18,20)(H2,19,21,23). The molecular weight excluding hydrogens is 338 g/mol. The number of hydrogen-bond acceptors (Lipinski definition) is 6. The van der Waals surface area contributed by atoms with E-state index in [0.717, 1.165) is 44.2 Å². The van der Waals surface area contributed by atoms with Crippen molar-refractivity contribution in [3.8, 4) is 0 Å². The molecule has 2 amide bonds. The van der Waals surface area contributed by atoms with E-state index in [9.17, 15) is 4.79 Å². The van der Waals surface area contributed by atoms with Crippen molar-refractivity contribution in [2.75, 3.05) is 43.9 Å². The molecule has 0 atom stereocenters. The smallest absolute Gasteiger partial charge is 0.319 e. The minimum absolute atomic E-state index is 0.218. The third-order valence-corrected chi connectivity index (χ3v) is 4.68. The van der Waals surface area contributed by atoms with E-state index in [1.54, 1.807) is 0 Å². The lowest BCUT2D eigenvalue weighted by Crippen LogP contribution is -2.35. The highest BCUT2D eigenvalue weighted by Gasteiger charge is 2.10. The number of thiazole rings is 1. The summed E-state index contributed by atoms with van der Waals surface area (Å²) in [6.07, 6.45) is 0.666. The van der Waals surface area contributed by atoms with Gasteiger partial charge in [0.15, 0.2) is 5.13 Å². The van der Waals surface area contributed by atoms with E-state index in [1.165, 1.54) is 16.9 Å². The molecule has 1 saturated heterocycles. The van der Waals surface area contributed by atoms with Crippen LogP contribution in [-0.2, 0) is 17.7 Å². The second-order valence-corrected chi connectivity index (χ2v) is 6.78. The molecule has 4 N–H and O–H groups in total. The van der Waals surface area contributed by atoms with Gasteiger partial charge >= 0.3 is 6.03 Å². The minimum atomic E-state index is -0.218. The summed E-state index contributed by atoms with van der Waals surface area (Å²) in [6.45, 7) is 4.96. The number of ether oxygens (including phenoxy) is 1. The molecule has 0 saturated carbocycles. The van der Waals surface area contributed by atoms with Gasteiger partial charge in [-0.3, -0.25) is 4.90 Å². The van der Waals surface area contributed by atoms with Gasteiger partial charge in [0.25, 0.3) is 0 Å². The number of amides is 2. The summed E-state index contributed by atoms with van der Waals surface area (Å²) < 4.78 is 5.36. The van der Waals surface area contributed by atoms with Crippen molar-refractivity contribution >= 4 is 28.2 Å². The van der Waals surface area contributed by atoms with Crippen molar-refractivity contribution in [3.63, 3.8) is 0 Å². The summed E-state index contributed by atoms with van der Waals surface area (Å²) in [4.78, 5) is 18.4. The number of morpholine rings is 1. The summed E-state index contributed by atoms with van der Waals surface area (Å²) in [5, 5.41) is 8.12. The van der Waals surface area contributed by atoms with Crippen LogP contribution in [0.25, 0.3) is 0 Å². The van der Waals surface area contributed by atoms with Crippen LogP contribution in [0.5, 0.6) is 0 Å². The molecule has 1 aliphatic heterocycles. The summed E-state index contributed by atoms with van der Waals surface area (Å²) >= 11 is 1.41. The second-order valence-electron chi connectivity index (χ2n) is 5.89. The molecule has 0 radical (unpaired) electrons. The number of nitrogen functional groups attached to an aromatic ring is 1. The molecule has 25 heavy (non-hydrogen) atoms. The van der Waals surface area contributed by atoms with E-state index in [1.807, 2.05) is 29.6 Å². The highest BCUT2D eigenvalue weighted by molar-refractivity contribution is 7.13. The largest absolute Gasteiger partial charge is 0.379 e. The van der Waals surface area contributed by atoms with Gasteiger partial charge in [-0.2, -0.15) is 0 Å². The summed E-state index contributed by atoms with van der Waals surface area (Å²) in [5.41, 5.74) is 8.49. The predicted molar refractivity (Wildman–Crippen MR) is 99.8 cm³/mol. The van der Waals surface area contributed by atoms with Gasteiger partial charge < -0.3 is 21.1 Å². The Bertz CT molecular complexity index is 683. The fourth-order valence-corrected chi connectivity index (χ4v) is 3.23. The zero-order chi connectivity index (χ0) is 17.5. The van der Waals surface area contributed by atoms with Gasteiger partial charge in [0, 0.05) is 43.7 Å². The molecule has 8 heteroatoms. The molecule has 1 aliphatic rings. The van der Waals surface area contributed by atoms with Gasteiger partial charge in [-0.15, -0.1) is 11.3 Å². The van der Waals surface area contributed by atoms with Crippen molar-refractivity contribution in [1.29, 1.82) is 0 Å². The Kier molecular flexibility index (Phi) is 6.21. The molecule has 2 aromatic rings. The average molecular weight is 361 g/mol. The Labute approximate surface area is 151 Å². The molecule has 0 aliphatic carbocycles. The van der Waals surface area contributed by atoms with E-state index in [0.29, 0.717) is 18.1 Å². The first-order chi connectivity index (χ1) is 12.2. The van der Waals surface area contributed by atoms with Gasteiger partial charge in [0.05, 0.1) is 18.9 Å². The average Bonchev–Trinajstić information content (AvgIpc) is 3.03. The van der Waals surface area contributed by atoms with Crippen LogP contribution in [0.3, 0.4) is 0 Å². The van der Waals surface area contributed by atoms with Crippen molar-refractivity contribution < 1.29 is 9.53 Å². The molecule has 1 aromatic heterocycles. The fourth-order valence-electron chi connectivity index (χ4n) is 2.63. The Morgan fingerprint density at radius 1 is 1.28 bits per heavy atom. The van der Waals surface area contributed by atoms with E-state index < -0.39 is 0 Å². The molecular formula is C17H23N5O2S. The van der Waals surface area contributed by atoms with Crippen molar-refractivity contribution in [3.05, 3.63) is 40.9 Å². The van der Waals surface area contributed by atoms with Crippen LogP contribution in [0.15, 0.2) is 29.6 Å². The number of rotatable bonds is 6. The van der Waals surface area contributed by atoms with Crippen LogP contribution >= 0.6 is 11.3 Å². The molecule has 1 aromatic carbocycles. The molecule has 0 bridgehead atoms. The van der Waals surface area contributed by atoms with Crippen LogP contribution in [0.1, 0.15) is 11.3 Å². The Morgan fingerprint density at radius 2 is 2.04 bits per heavy atom. The maximum atomic E-state index is 11.9. The van der Waals surface area contributed by atoms with Crippen LogP contribution < -0.4 is 16.4 Å². The monoisotopic (exact) mass is 361 g/mol. The number of nitrogens with zero attached hydrogens (tertiary/aromatic N) is 2. The zero-order valence-corrected chi connectivity index (χ0v) is 14.8. The van der Waals surface area contributed by atoms with Gasteiger partial charge in [-0.25, -0.2) is 9.78 Å². The fraction of sp³-hybridized carbons (Fsp3) is 0.412. The van der Waals surface area contributed by atoms with Gasteiger partial charge in [0.2, 0.25) is 0 Å². The van der Waals surface area contributed by atoms with Gasteiger partial charge in [-0.05, 0) is 17.7 Å². The number of nitrogens with two attached hydrogens (primary N) is 1. The van der Waals surface area contributed by atoms with E-state index in [4.69, 9.17) is 10.5 Å². The van der Waals surface area contributed by atoms with Crippen molar-refractivity contribution in [1.82, 2.24) is 15.2 Å². The summed E-state index contributed by atoms with van der Waals surface area (Å²) in [5.74, 6) is 0. The Balaban J connectivity index is 1.40. The van der Waals surface area contributed by atoms with Gasteiger partial charge in [-0.1, -0.05) is 12.1 Å². The molecule has 1 fully saturated rings. The number of benzene rings is 1. The molecule has 134 valence electrons. The number of carbonyl (C=O) groups is 1. The SMILES string of the molecule is Nc1nc(CCNC(=O)Nc2ccc(CN3CCOCC3)cc2)cs1. The first-order valence-electron chi connectivity index (χ1n) is 8.33. The molecule has 3 rings (SSSR count). The maximum absolute atomic E-state index is 11.9. The summed E-state index contributed by atoms with van der Waals surface area (Å²) in [6, 6.07) is 7.73. The number of hydrogen-bond donors (Lipinski definition) is 3. The first-order valence-corrected chi connectivity index (χ1v) is 9.21. The number of urea groups is 1. The van der Waals surface area contributed by atoms with E-state index in [-0.39, 0.29) is 6.03 Å². The predicted octanol–water partition coefficient (Wildman–Crippen LogP) is 1.92. The topological polar surface area (TPSA) is 92.5 Å². The number of aromatic nitrogens is 1. The summed E-state index contributed by atoms with van der Waals surface area (Å²) in [7, 11) is 0. The lowest BCUT2D eigenvalue weighted by molar-refractivity contribution is 0.0342. The highest BCUT2D eigenvalue weighted by atomic mass is 32.1. The first kappa shape index (κ1) is 17.7. The molecule has 7 nitrogen and oxygen atoms in total. The number of nitrogens with one attached hydrogen (secondary N) is 2. The second kappa shape index (κ2) is 8.80.